The number of carbonyl (C=O) groups excluding carboxylic acids is 1. The second-order valence-electron chi connectivity index (χ2n) is 8.59. The Labute approximate surface area is 176 Å². The molecule has 7 nitrogen and oxygen atoms in total. The van der Waals surface area contributed by atoms with Crippen LogP contribution in [0.4, 0.5) is 5.95 Å². The molecule has 0 radical (unpaired) electrons. The molecule has 4 heterocycles. The third kappa shape index (κ3) is 3.33. The highest BCUT2D eigenvalue weighted by molar-refractivity contribution is 5.88. The molecule has 2 aliphatic rings. The summed E-state index contributed by atoms with van der Waals surface area (Å²) in [6.07, 6.45) is 6.55. The lowest BCUT2D eigenvalue weighted by Gasteiger charge is -2.48. The Hall–Kier alpha value is -2.93. The first-order valence-electron chi connectivity index (χ1n) is 10.6. The van der Waals surface area contributed by atoms with E-state index in [2.05, 4.69) is 61.8 Å². The predicted octanol–water partition coefficient (Wildman–Crippen LogP) is 2.86. The van der Waals surface area contributed by atoms with E-state index >= 15 is 0 Å². The number of benzene rings is 1. The van der Waals surface area contributed by atoms with Crippen LogP contribution in [0.5, 0.6) is 0 Å². The Morgan fingerprint density at radius 1 is 1.17 bits per heavy atom. The average Bonchev–Trinajstić information content (AvgIpc) is 3.31. The summed E-state index contributed by atoms with van der Waals surface area (Å²) in [6.45, 7) is 7.28. The Bertz CT molecular complexity index is 1070. The summed E-state index contributed by atoms with van der Waals surface area (Å²) in [5.41, 5.74) is 3.42. The van der Waals surface area contributed by atoms with E-state index in [0.29, 0.717) is 23.5 Å². The van der Waals surface area contributed by atoms with E-state index < -0.39 is 0 Å². The number of hydrogen-bond donors (Lipinski definition) is 0. The molecule has 2 fully saturated rings. The molecule has 7 heteroatoms. The Kier molecular flexibility index (Phi) is 4.70. The van der Waals surface area contributed by atoms with Crippen LogP contribution in [0.3, 0.4) is 0 Å². The zero-order valence-corrected chi connectivity index (χ0v) is 17.5. The van der Waals surface area contributed by atoms with Gasteiger partial charge in [0.05, 0.1) is 12.2 Å². The molecule has 30 heavy (non-hydrogen) atoms. The normalized spacial score (nSPS) is 18.1. The number of esters is 1. The molecule has 0 aliphatic carbocycles. The van der Waals surface area contributed by atoms with Crippen LogP contribution in [-0.4, -0.2) is 58.2 Å². The number of likely N-dealkylation sites (tertiary alicyclic amines) is 1. The third-order valence-corrected chi connectivity index (χ3v) is 6.36. The van der Waals surface area contributed by atoms with Gasteiger partial charge < -0.3 is 14.2 Å². The van der Waals surface area contributed by atoms with Crippen LogP contribution in [0.1, 0.15) is 29.3 Å². The lowest BCUT2D eigenvalue weighted by Crippen LogP contribution is -2.56. The van der Waals surface area contributed by atoms with Crippen molar-refractivity contribution >= 4 is 22.8 Å². The fraction of sp³-hybridized carbons (Fsp3) is 0.435. The highest BCUT2D eigenvalue weighted by atomic mass is 16.5. The van der Waals surface area contributed by atoms with Gasteiger partial charge in [-0.15, -0.1) is 0 Å². The van der Waals surface area contributed by atoms with Gasteiger partial charge in [0.15, 0.2) is 0 Å². The quantitative estimate of drug-likeness (QED) is 0.609. The number of rotatable bonds is 5. The molecule has 0 N–H and O–H groups in total. The van der Waals surface area contributed by atoms with Crippen LogP contribution in [0, 0.1) is 5.41 Å². The van der Waals surface area contributed by atoms with Crippen molar-refractivity contribution < 1.29 is 9.53 Å². The lowest BCUT2D eigenvalue weighted by atomic mass is 9.79. The van der Waals surface area contributed by atoms with Gasteiger partial charge in [-0.05, 0) is 25.0 Å². The first-order chi connectivity index (χ1) is 14.6. The number of anilines is 1. The fourth-order valence-corrected chi connectivity index (χ4v) is 4.97. The van der Waals surface area contributed by atoms with Crippen LogP contribution < -0.4 is 4.90 Å². The minimum absolute atomic E-state index is 0.327. The lowest BCUT2D eigenvalue weighted by molar-refractivity contribution is 0.0119. The molecule has 2 saturated heterocycles. The molecule has 156 valence electrons. The summed E-state index contributed by atoms with van der Waals surface area (Å²) in [5, 5.41) is 1.35. The van der Waals surface area contributed by atoms with Gasteiger partial charge in [-0.3, -0.25) is 4.90 Å². The molecular formula is C23H27N5O2. The molecule has 0 bridgehead atoms. The number of para-hydroxylation sites is 1. The molecule has 0 unspecified atom stereocenters. The standard InChI is InChI=1S/C23H27N5O2/c1-3-30-21(29)17-10-24-22(25-11-17)28-9-8-23(16-28)14-27(15-23)13-18-12-26(2)20-7-5-4-6-19(18)20/h4-7,10-12H,3,8-9,13-16H2,1-2H3. The minimum atomic E-state index is -0.370. The average molecular weight is 406 g/mol. The Morgan fingerprint density at radius 2 is 1.93 bits per heavy atom. The van der Waals surface area contributed by atoms with Crippen molar-refractivity contribution in [3.63, 3.8) is 0 Å². The van der Waals surface area contributed by atoms with Crippen LogP contribution in [0.25, 0.3) is 10.9 Å². The summed E-state index contributed by atoms with van der Waals surface area (Å²) < 4.78 is 7.22. The highest BCUT2D eigenvalue weighted by Crippen LogP contribution is 2.41. The number of nitrogens with zero attached hydrogens (tertiary/aromatic N) is 5. The van der Waals surface area contributed by atoms with Gasteiger partial charge >= 0.3 is 5.97 Å². The summed E-state index contributed by atoms with van der Waals surface area (Å²) in [7, 11) is 2.12. The van der Waals surface area contributed by atoms with E-state index in [-0.39, 0.29) is 5.97 Å². The van der Waals surface area contributed by atoms with Gasteiger partial charge in [0.2, 0.25) is 5.95 Å². The van der Waals surface area contributed by atoms with E-state index in [0.717, 1.165) is 39.1 Å². The van der Waals surface area contributed by atoms with E-state index in [1.54, 1.807) is 19.3 Å². The van der Waals surface area contributed by atoms with Gasteiger partial charge in [0.25, 0.3) is 0 Å². The SMILES string of the molecule is CCOC(=O)c1cnc(N2CCC3(CN(Cc4cn(C)c5ccccc45)C3)C2)nc1. The van der Waals surface area contributed by atoms with Crippen molar-refractivity contribution in [1.82, 2.24) is 19.4 Å². The molecule has 1 aromatic carbocycles. The maximum Gasteiger partial charge on any atom is 0.341 e. The largest absolute Gasteiger partial charge is 0.462 e. The van der Waals surface area contributed by atoms with E-state index in [9.17, 15) is 4.79 Å². The first-order valence-corrected chi connectivity index (χ1v) is 10.6. The number of aryl methyl sites for hydroxylation is 1. The zero-order valence-electron chi connectivity index (χ0n) is 17.5. The Morgan fingerprint density at radius 3 is 2.70 bits per heavy atom. The minimum Gasteiger partial charge on any atom is -0.462 e. The monoisotopic (exact) mass is 405 g/mol. The number of carbonyl (C=O) groups is 1. The predicted molar refractivity (Wildman–Crippen MR) is 115 cm³/mol. The number of ether oxygens (including phenoxy) is 1. The molecule has 2 aromatic heterocycles. The summed E-state index contributed by atoms with van der Waals surface area (Å²) in [4.78, 5) is 25.4. The van der Waals surface area contributed by atoms with E-state index in [4.69, 9.17) is 4.74 Å². The van der Waals surface area contributed by atoms with E-state index in [1.165, 1.54) is 16.5 Å². The summed E-state index contributed by atoms with van der Waals surface area (Å²) >= 11 is 0. The van der Waals surface area contributed by atoms with Crippen molar-refractivity contribution in [3.8, 4) is 0 Å². The van der Waals surface area contributed by atoms with Crippen LogP contribution >= 0.6 is 0 Å². The first kappa shape index (κ1) is 19.1. The zero-order chi connectivity index (χ0) is 20.7. The van der Waals surface area contributed by atoms with Crippen LogP contribution in [0.15, 0.2) is 42.9 Å². The summed E-state index contributed by atoms with van der Waals surface area (Å²) in [5.74, 6) is 0.331. The molecule has 2 aliphatic heterocycles. The molecule has 0 atom stereocenters. The van der Waals surface area contributed by atoms with Crippen LogP contribution in [-0.2, 0) is 18.3 Å². The molecule has 5 rings (SSSR count). The molecule has 1 spiro atoms. The number of aromatic nitrogens is 3. The second kappa shape index (κ2) is 7.40. The topological polar surface area (TPSA) is 63.5 Å². The van der Waals surface area contributed by atoms with Crippen LogP contribution in [0.2, 0.25) is 0 Å². The second-order valence-corrected chi connectivity index (χ2v) is 8.59. The van der Waals surface area contributed by atoms with Gasteiger partial charge in [0.1, 0.15) is 0 Å². The van der Waals surface area contributed by atoms with Crippen molar-refractivity contribution in [2.45, 2.75) is 19.9 Å². The molecule has 0 saturated carbocycles. The van der Waals surface area contributed by atoms with Gasteiger partial charge in [-0.25, -0.2) is 14.8 Å². The summed E-state index contributed by atoms with van der Waals surface area (Å²) in [6, 6.07) is 8.61. The van der Waals surface area contributed by atoms with Crippen molar-refractivity contribution in [1.29, 1.82) is 0 Å². The highest BCUT2D eigenvalue weighted by Gasteiger charge is 2.48. The molecule has 0 amide bonds. The van der Waals surface area contributed by atoms with E-state index in [1.807, 2.05) is 0 Å². The van der Waals surface area contributed by atoms with Crippen molar-refractivity contribution in [2.24, 2.45) is 12.5 Å². The number of hydrogen-bond acceptors (Lipinski definition) is 6. The smallest absolute Gasteiger partial charge is 0.341 e. The fourth-order valence-electron chi connectivity index (χ4n) is 4.97. The molecular weight excluding hydrogens is 378 g/mol. The van der Waals surface area contributed by atoms with Gasteiger partial charge in [-0.2, -0.15) is 0 Å². The van der Waals surface area contributed by atoms with Gasteiger partial charge in [-0.1, -0.05) is 18.2 Å². The number of fused-ring (bicyclic) bond motifs is 1. The maximum atomic E-state index is 11.8. The van der Waals surface area contributed by atoms with Crippen molar-refractivity contribution in [3.05, 3.63) is 54.0 Å². The van der Waals surface area contributed by atoms with Gasteiger partial charge in [0, 0.05) is 74.7 Å². The molecule has 3 aromatic rings. The van der Waals surface area contributed by atoms with Crippen molar-refractivity contribution in [2.75, 3.05) is 37.7 Å². The third-order valence-electron chi connectivity index (χ3n) is 6.36. The Balaban J connectivity index is 1.20. The maximum absolute atomic E-state index is 11.8.